The molecule has 2 unspecified atom stereocenters. The van der Waals surface area contributed by atoms with Crippen molar-refractivity contribution in [3.63, 3.8) is 0 Å². The van der Waals surface area contributed by atoms with Gasteiger partial charge in [0, 0.05) is 18.7 Å². The van der Waals surface area contributed by atoms with Crippen molar-refractivity contribution >= 4 is 11.6 Å². The zero-order chi connectivity index (χ0) is 15.3. The first kappa shape index (κ1) is 15.9. The van der Waals surface area contributed by atoms with Gasteiger partial charge in [-0.3, -0.25) is 14.9 Å². The number of aliphatic hydroxyl groups excluding tert-OH is 1. The minimum atomic E-state index is -0.756. The standard InChI is InChI=1S/C12H17N3O5/c1-7(16)10(13)6-14-12(17)9-4-3-8(15(18)19)5-11(9)20-2/h3-5,7,10,16H,6,13H2,1-2H3,(H,14,17). The fourth-order valence-electron chi connectivity index (χ4n) is 1.46. The second-order valence-corrected chi connectivity index (χ2v) is 4.26. The number of carbonyl (C=O) groups excluding carboxylic acids is 1. The molecule has 0 spiro atoms. The number of nitrogens with two attached hydrogens (primary N) is 1. The summed E-state index contributed by atoms with van der Waals surface area (Å²) in [5.41, 5.74) is 5.59. The third kappa shape index (κ3) is 3.90. The van der Waals surface area contributed by atoms with Crippen LogP contribution in [0.1, 0.15) is 17.3 Å². The topological polar surface area (TPSA) is 128 Å². The van der Waals surface area contributed by atoms with Crippen LogP contribution < -0.4 is 15.8 Å². The van der Waals surface area contributed by atoms with E-state index in [0.29, 0.717) is 0 Å². The van der Waals surface area contributed by atoms with Gasteiger partial charge >= 0.3 is 0 Å². The van der Waals surface area contributed by atoms with Gasteiger partial charge in [0.05, 0.1) is 29.8 Å². The summed E-state index contributed by atoms with van der Waals surface area (Å²) in [4.78, 5) is 22.0. The van der Waals surface area contributed by atoms with Crippen molar-refractivity contribution in [2.75, 3.05) is 13.7 Å². The van der Waals surface area contributed by atoms with E-state index in [9.17, 15) is 20.0 Å². The largest absolute Gasteiger partial charge is 0.496 e. The lowest BCUT2D eigenvalue weighted by Gasteiger charge is -2.16. The molecule has 1 aromatic rings. The number of nitro benzene ring substituents is 1. The molecule has 20 heavy (non-hydrogen) atoms. The third-order valence-electron chi connectivity index (χ3n) is 2.76. The average molecular weight is 283 g/mol. The van der Waals surface area contributed by atoms with Gasteiger partial charge in [-0.1, -0.05) is 0 Å². The highest BCUT2D eigenvalue weighted by Gasteiger charge is 2.18. The SMILES string of the molecule is COc1cc([N+](=O)[O-])ccc1C(=O)NCC(N)C(C)O. The Balaban J connectivity index is 2.85. The van der Waals surface area contributed by atoms with Gasteiger partial charge in [0.1, 0.15) is 5.75 Å². The summed E-state index contributed by atoms with van der Waals surface area (Å²) < 4.78 is 4.97. The van der Waals surface area contributed by atoms with Crippen LogP contribution in [0, 0.1) is 10.1 Å². The van der Waals surface area contributed by atoms with Crippen molar-refractivity contribution in [3.05, 3.63) is 33.9 Å². The van der Waals surface area contributed by atoms with E-state index in [2.05, 4.69) is 5.32 Å². The first-order chi connectivity index (χ1) is 9.36. The van der Waals surface area contributed by atoms with E-state index in [-0.39, 0.29) is 23.5 Å². The van der Waals surface area contributed by atoms with Crippen molar-refractivity contribution in [2.24, 2.45) is 5.73 Å². The van der Waals surface area contributed by atoms with E-state index >= 15 is 0 Å². The first-order valence-electron chi connectivity index (χ1n) is 5.91. The summed E-state index contributed by atoms with van der Waals surface area (Å²) in [5.74, 6) is -0.379. The van der Waals surface area contributed by atoms with E-state index in [4.69, 9.17) is 10.5 Å². The first-order valence-corrected chi connectivity index (χ1v) is 5.91. The van der Waals surface area contributed by atoms with E-state index in [1.165, 1.54) is 32.2 Å². The Kier molecular flexibility index (Phi) is 5.42. The van der Waals surface area contributed by atoms with E-state index in [1.807, 2.05) is 0 Å². The molecule has 0 aliphatic rings. The maximum absolute atomic E-state index is 11.9. The molecular formula is C12H17N3O5. The Morgan fingerprint density at radius 1 is 1.60 bits per heavy atom. The smallest absolute Gasteiger partial charge is 0.273 e. The molecule has 0 aliphatic carbocycles. The zero-order valence-electron chi connectivity index (χ0n) is 11.2. The predicted molar refractivity (Wildman–Crippen MR) is 71.6 cm³/mol. The second kappa shape index (κ2) is 6.83. The molecule has 110 valence electrons. The lowest BCUT2D eigenvalue weighted by Crippen LogP contribution is -2.43. The van der Waals surface area contributed by atoms with Crippen LogP contribution in [0.3, 0.4) is 0 Å². The third-order valence-corrected chi connectivity index (χ3v) is 2.76. The highest BCUT2D eigenvalue weighted by Crippen LogP contribution is 2.24. The van der Waals surface area contributed by atoms with Gasteiger partial charge < -0.3 is 20.9 Å². The number of nitrogens with one attached hydrogen (secondary N) is 1. The average Bonchev–Trinajstić information content (AvgIpc) is 2.43. The summed E-state index contributed by atoms with van der Waals surface area (Å²) in [5, 5.41) is 22.4. The Morgan fingerprint density at radius 3 is 2.75 bits per heavy atom. The molecule has 0 heterocycles. The molecule has 0 bridgehead atoms. The number of nitro groups is 1. The molecule has 2 atom stereocenters. The normalized spacial score (nSPS) is 13.4. The molecule has 0 aliphatic heterocycles. The van der Waals surface area contributed by atoms with Gasteiger partial charge in [0.15, 0.2) is 0 Å². The summed E-state index contributed by atoms with van der Waals surface area (Å²) in [7, 11) is 1.32. The number of methoxy groups -OCH3 is 1. The van der Waals surface area contributed by atoms with Crippen molar-refractivity contribution < 1.29 is 19.6 Å². The summed E-state index contributed by atoms with van der Waals surface area (Å²) >= 11 is 0. The number of amides is 1. The number of nitrogens with zero attached hydrogens (tertiary/aromatic N) is 1. The highest BCUT2D eigenvalue weighted by atomic mass is 16.6. The molecule has 0 saturated heterocycles. The highest BCUT2D eigenvalue weighted by molar-refractivity contribution is 5.97. The molecule has 0 radical (unpaired) electrons. The maximum atomic E-state index is 11.9. The second-order valence-electron chi connectivity index (χ2n) is 4.26. The number of carbonyl (C=O) groups is 1. The quantitative estimate of drug-likeness (QED) is 0.499. The van der Waals surface area contributed by atoms with Crippen LogP contribution in [0.5, 0.6) is 5.75 Å². The van der Waals surface area contributed by atoms with E-state index < -0.39 is 23.0 Å². The number of hydrogen-bond donors (Lipinski definition) is 3. The molecular weight excluding hydrogens is 266 g/mol. The molecule has 0 aromatic heterocycles. The van der Waals surface area contributed by atoms with Crippen molar-refractivity contribution in [1.82, 2.24) is 5.32 Å². The van der Waals surface area contributed by atoms with Crippen LogP contribution in [0.15, 0.2) is 18.2 Å². The Labute approximate surface area is 115 Å². The molecule has 4 N–H and O–H groups in total. The van der Waals surface area contributed by atoms with Crippen LogP contribution in [0.4, 0.5) is 5.69 Å². The minimum absolute atomic E-state index is 0.0800. The van der Waals surface area contributed by atoms with Crippen molar-refractivity contribution in [3.8, 4) is 5.75 Å². The van der Waals surface area contributed by atoms with Gasteiger partial charge in [-0.05, 0) is 13.0 Å². The van der Waals surface area contributed by atoms with Gasteiger partial charge in [0.25, 0.3) is 11.6 Å². The van der Waals surface area contributed by atoms with Crippen molar-refractivity contribution in [2.45, 2.75) is 19.1 Å². The monoisotopic (exact) mass is 283 g/mol. The van der Waals surface area contributed by atoms with Crippen LogP contribution in [-0.4, -0.2) is 41.7 Å². The Bertz CT molecular complexity index is 504. The van der Waals surface area contributed by atoms with Gasteiger partial charge in [-0.25, -0.2) is 0 Å². The van der Waals surface area contributed by atoms with E-state index in [1.54, 1.807) is 0 Å². The molecule has 0 saturated carbocycles. The van der Waals surface area contributed by atoms with Crippen molar-refractivity contribution in [1.29, 1.82) is 0 Å². The molecule has 0 fully saturated rings. The zero-order valence-corrected chi connectivity index (χ0v) is 11.2. The fourth-order valence-corrected chi connectivity index (χ4v) is 1.46. The molecule has 1 amide bonds. The minimum Gasteiger partial charge on any atom is -0.496 e. The fraction of sp³-hybridized carbons (Fsp3) is 0.417. The Hall–Kier alpha value is -2.19. The van der Waals surface area contributed by atoms with Crippen LogP contribution in [0.2, 0.25) is 0 Å². The predicted octanol–water partition coefficient (Wildman–Crippen LogP) is 0.0413. The lowest BCUT2D eigenvalue weighted by molar-refractivity contribution is -0.384. The van der Waals surface area contributed by atoms with Gasteiger partial charge in [0.2, 0.25) is 0 Å². The summed E-state index contributed by atoms with van der Waals surface area (Å²) in [6, 6.07) is 3.10. The maximum Gasteiger partial charge on any atom is 0.273 e. The number of hydrogen-bond acceptors (Lipinski definition) is 6. The van der Waals surface area contributed by atoms with Gasteiger partial charge in [-0.2, -0.15) is 0 Å². The number of ether oxygens (including phenoxy) is 1. The lowest BCUT2D eigenvalue weighted by atomic mass is 10.1. The Morgan fingerprint density at radius 2 is 2.25 bits per heavy atom. The molecule has 1 aromatic carbocycles. The number of non-ortho nitro benzene ring substituents is 1. The number of aliphatic hydroxyl groups is 1. The summed E-state index contributed by atoms with van der Waals surface area (Å²) in [6.45, 7) is 1.60. The molecule has 8 nitrogen and oxygen atoms in total. The van der Waals surface area contributed by atoms with Crippen LogP contribution >= 0.6 is 0 Å². The van der Waals surface area contributed by atoms with Gasteiger partial charge in [-0.15, -0.1) is 0 Å². The molecule has 8 heteroatoms. The van der Waals surface area contributed by atoms with E-state index in [0.717, 1.165) is 0 Å². The van der Waals surface area contributed by atoms with Crippen LogP contribution in [0.25, 0.3) is 0 Å². The molecule has 1 rings (SSSR count). The summed E-state index contributed by atoms with van der Waals surface area (Å²) in [6.07, 6.45) is -0.756. The van der Waals surface area contributed by atoms with Crippen LogP contribution in [-0.2, 0) is 0 Å². The number of rotatable bonds is 6. The number of benzene rings is 1.